The number of carbonyl (C=O) groups is 1. The molecule has 0 aliphatic heterocycles. The smallest absolute Gasteiger partial charge is 0.254 e. The highest BCUT2D eigenvalue weighted by Gasteiger charge is 2.19. The number of hydrogen-bond acceptors (Lipinski definition) is 5. The molecule has 4 aromatic rings. The second-order valence-corrected chi connectivity index (χ2v) is 7.86. The molecule has 0 saturated heterocycles. The molecule has 0 unspecified atom stereocenters. The molecule has 4 rings (SSSR count). The number of nitrogens with zero attached hydrogens (tertiary/aromatic N) is 3. The van der Waals surface area contributed by atoms with E-state index in [0.717, 1.165) is 21.4 Å². The van der Waals surface area contributed by atoms with E-state index in [-0.39, 0.29) is 5.91 Å². The molecular formula is C23H20BrN3O3. The SMILES string of the molecule is Cc1ccc(C(=O)N(CCc2nc(-c3ccc(Br)cc3)no2)Cc2ccco2)cc1. The summed E-state index contributed by atoms with van der Waals surface area (Å²) in [5.41, 5.74) is 2.61. The summed E-state index contributed by atoms with van der Waals surface area (Å²) in [4.78, 5) is 19.3. The highest BCUT2D eigenvalue weighted by atomic mass is 79.9. The first-order chi connectivity index (χ1) is 14.6. The topological polar surface area (TPSA) is 72.4 Å². The summed E-state index contributed by atoms with van der Waals surface area (Å²) in [6, 6.07) is 18.9. The van der Waals surface area contributed by atoms with Crippen LogP contribution in [-0.2, 0) is 13.0 Å². The molecule has 0 atom stereocenters. The molecule has 0 fully saturated rings. The number of rotatable bonds is 7. The largest absolute Gasteiger partial charge is 0.467 e. The molecule has 7 heteroatoms. The number of amides is 1. The molecular weight excluding hydrogens is 446 g/mol. The van der Waals surface area contributed by atoms with Gasteiger partial charge in [0.1, 0.15) is 5.76 Å². The summed E-state index contributed by atoms with van der Waals surface area (Å²) in [6.45, 7) is 2.79. The van der Waals surface area contributed by atoms with E-state index in [1.807, 2.05) is 67.6 Å². The Morgan fingerprint density at radius 3 is 2.53 bits per heavy atom. The van der Waals surface area contributed by atoms with Crippen molar-refractivity contribution >= 4 is 21.8 Å². The van der Waals surface area contributed by atoms with Crippen LogP contribution < -0.4 is 0 Å². The Bertz CT molecular complexity index is 1100. The molecule has 2 heterocycles. The molecule has 2 aromatic heterocycles. The van der Waals surface area contributed by atoms with Gasteiger partial charge in [0, 0.05) is 28.6 Å². The van der Waals surface area contributed by atoms with Gasteiger partial charge >= 0.3 is 0 Å². The number of carbonyl (C=O) groups excluding carboxylic acids is 1. The average Bonchev–Trinajstić information content (AvgIpc) is 3.44. The average molecular weight is 466 g/mol. The Balaban J connectivity index is 1.48. The molecule has 152 valence electrons. The van der Waals surface area contributed by atoms with Gasteiger partial charge in [-0.2, -0.15) is 4.98 Å². The van der Waals surface area contributed by atoms with Crippen LogP contribution in [-0.4, -0.2) is 27.5 Å². The Hall–Kier alpha value is -3.19. The van der Waals surface area contributed by atoms with Crippen molar-refractivity contribution in [3.05, 3.63) is 94.2 Å². The van der Waals surface area contributed by atoms with E-state index in [0.29, 0.717) is 36.8 Å². The fourth-order valence-electron chi connectivity index (χ4n) is 3.03. The highest BCUT2D eigenvalue weighted by molar-refractivity contribution is 9.10. The fraction of sp³-hybridized carbons (Fsp3) is 0.174. The van der Waals surface area contributed by atoms with Crippen molar-refractivity contribution in [3.8, 4) is 11.4 Å². The number of benzene rings is 2. The second-order valence-electron chi connectivity index (χ2n) is 6.94. The second kappa shape index (κ2) is 9.09. The minimum Gasteiger partial charge on any atom is -0.467 e. The Morgan fingerprint density at radius 2 is 1.83 bits per heavy atom. The van der Waals surface area contributed by atoms with E-state index >= 15 is 0 Å². The van der Waals surface area contributed by atoms with Gasteiger partial charge in [0.25, 0.3) is 5.91 Å². The summed E-state index contributed by atoms with van der Waals surface area (Å²) in [5.74, 6) is 1.66. The molecule has 1 amide bonds. The summed E-state index contributed by atoms with van der Waals surface area (Å²) < 4.78 is 11.8. The predicted octanol–water partition coefficient (Wildman–Crippen LogP) is 5.29. The van der Waals surface area contributed by atoms with Gasteiger partial charge < -0.3 is 13.8 Å². The maximum Gasteiger partial charge on any atom is 0.254 e. The molecule has 0 aliphatic carbocycles. The van der Waals surface area contributed by atoms with Crippen molar-refractivity contribution in [2.24, 2.45) is 0 Å². The van der Waals surface area contributed by atoms with E-state index in [1.54, 1.807) is 11.2 Å². The third-order valence-electron chi connectivity index (χ3n) is 4.68. The molecule has 30 heavy (non-hydrogen) atoms. The molecule has 0 N–H and O–H groups in total. The minimum atomic E-state index is -0.0703. The fourth-order valence-corrected chi connectivity index (χ4v) is 3.29. The molecule has 0 spiro atoms. The van der Waals surface area contributed by atoms with E-state index < -0.39 is 0 Å². The van der Waals surface area contributed by atoms with Crippen LogP contribution >= 0.6 is 15.9 Å². The predicted molar refractivity (Wildman–Crippen MR) is 116 cm³/mol. The standard InChI is InChI=1S/C23H20BrN3O3/c1-16-4-6-18(7-5-16)23(28)27(15-20-3-2-14-29-20)13-12-21-25-22(26-30-21)17-8-10-19(24)11-9-17/h2-11,14H,12-13,15H2,1H3. The zero-order chi connectivity index (χ0) is 20.9. The van der Waals surface area contributed by atoms with Gasteiger partial charge in [-0.25, -0.2) is 0 Å². The Labute approximate surface area is 182 Å². The monoisotopic (exact) mass is 465 g/mol. The van der Waals surface area contributed by atoms with Gasteiger partial charge in [-0.05, 0) is 55.5 Å². The first-order valence-corrected chi connectivity index (χ1v) is 10.3. The van der Waals surface area contributed by atoms with Crippen molar-refractivity contribution in [2.45, 2.75) is 19.9 Å². The third-order valence-corrected chi connectivity index (χ3v) is 5.21. The van der Waals surface area contributed by atoms with Gasteiger partial charge in [0.05, 0.1) is 12.8 Å². The van der Waals surface area contributed by atoms with Crippen LogP contribution in [0.4, 0.5) is 0 Å². The van der Waals surface area contributed by atoms with Crippen LogP contribution in [0.25, 0.3) is 11.4 Å². The molecule has 0 saturated carbocycles. The van der Waals surface area contributed by atoms with Crippen LogP contribution in [0.2, 0.25) is 0 Å². The van der Waals surface area contributed by atoms with Crippen LogP contribution in [0.3, 0.4) is 0 Å². The maximum absolute atomic E-state index is 13.1. The van der Waals surface area contributed by atoms with Gasteiger partial charge in [0.15, 0.2) is 0 Å². The number of aryl methyl sites for hydroxylation is 1. The Morgan fingerprint density at radius 1 is 1.07 bits per heavy atom. The molecule has 6 nitrogen and oxygen atoms in total. The van der Waals surface area contributed by atoms with Crippen LogP contribution in [0, 0.1) is 6.92 Å². The zero-order valence-corrected chi connectivity index (χ0v) is 18.0. The lowest BCUT2D eigenvalue weighted by Crippen LogP contribution is -2.32. The van der Waals surface area contributed by atoms with Crippen molar-refractivity contribution in [1.82, 2.24) is 15.0 Å². The van der Waals surface area contributed by atoms with Crippen LogP contribution in [0.15, 0.2) is 80.3 Å². The molecule has 0 aliphatic rings. The normalized spacial score (nSPS) is 10.9. The lowest BCUT2D eigenvalue weighted by Gasteiger charge is -2.21. The van der Waals surface area contributed by atoms with E-state index in [1.165, 1.54) is 0 Å². The zero-order valence-electron chi connectivity index (χ0n) is 16.4. The summed E-state index contributed by atoms with van der Waals surface area (Å²) in [5, 5.41) is 4.06. The summed E-state index contributed by atoms with van der Waals surface area (Å²) in [6.07, 6.45) is 2.05. The number of halogens is 1. The summed E-state index contributed by atoms with van der Waals surface area (Å²) in [7, 11) is 0. The van der Waals surface area contributed by atoms with Crippen molar-refractivity contribution in [2.75, 3.05) is 6.54 Å². The first kappa shape index (κ1) is 20.1. The van der Waals surface area contributed by atoms with Gasteiger partial charge in [0.2, 0.25) is 11.7 Å². The van der Waals surface area contributed by atoms with Gasteiger partial charge in [-0.15, -0.1) is 0 Å². The summed E-state index contributed by atoms with van der Waals surface area (Å²) >= 11 is 3.42. The quantitative estimate of drug-likeness (QED) is 0.370. The van der Waals surface area contributed by atoms with Crippen LogP contribution in [0.1, 0.15) is 27.6 Å². The number of hydrogen-bond donors (Lipinski definition) is 0. The van der Waals surface area contributed by atoms with Crippen molar-refractivity contribution in [1.29, 1.82) is 0 Å². The molecule has 2 aromatic carbocycles. The lowest BCUT2D eigenvalue weighted by atomic mass is 10.1. The van der Waals surface area contributed by atoms with Crippen molar-refractivity contribution in [3.63, 3.8) is 0 Å². The van der Waals surface area contributed by atoms with Gasteiger partial charge in [-0.3, -0.25) is 4.79 Å². The van der Waals surface area contributed by atoms with Gasteiger partial charge in [-0.1, -0.05) is 38.8 Å². The van der Waals surface area contributed by atoms with Crippen molar-refractivity contribution < 1.29 is 13.7 Å². The number of aromatic nitrogens is 2. The number of furan rings is 1. The van der Waals surface area contributed by atoms with E-state index in [2.05, 4.69) is 26.1 Å². The lowest BCUT2D eigenvalue weighted by molar-refractivity contribution is 0.0730. The highest BCUT2D eigenvalue weighted by Crippen LogP contribution is 2.19. The van der Waals surface area contributed by atoms with E-state index in [4.69, 9.17) is 8.94 Å². The first-order valence-electron chi connectivity index (χ1n) is 9.55. The molecule has 0 radical (unpaired) electrons. The maximum atomic E-state index is 13.1. The molecule has 0 bridgehead atoms. The van der Waals surface area contributed by atoms with E-state index in [9.17, 15) is 4.79 Å². The third kappa shape index (κ3) is 4.86. The van der Waals surface area contributed by atoms with Crippen LogP contribution in [0.5, 0.6) is 0 Å². The Kier molecular flexibility index (Phi) is 6.09. The minimum absolute atomic E-state index is 0.0703.